The van der Waals surface area contributed by atoms with E-state index in [0.717, 1.165) is 0 Å². The highest BCUT2D eigenvalue weighted by Crippen LogP contribution is 2.31. The molecule has 2 aromatic heterocycles. The molecule has 3 aromatic rings. The Hall–Kier alpha value is -2.96. The number of aryl methyl sites for hydroxylation is 1. The SMILES string of the molecule is CCCS(=O)NC(=O)c1cc(Cl)cc(C)c1NC(=O)c1cc(C(F)(F)F)nn1-c1ncccc1Cl. The van der Waals surface area contributed by atoms with Gasteiger partial charge >= 0.3 is 6.18 Å². The van der Waals surface area contributed by atoms with Crippen LogP contribution in [0.25, 0.3) is 5.82 Å². The Morgan fingerprint density at radius 3 is 2.51 bits per heavy atom. The molecular weight excluding hydrogens is 530 g/mol. The summed E-state index contributed by atoms with van der Waals surface area (Å²) in [6.07, 6.45) is -3.03. The van der Waals surface area contributed by atoms with Gasteiger partial charge in [0.05, 0.1) is 16.3 Å². The van der Waals surface area contributed by atoms with Crippen LogP contribution in [0.3, 0.4) is 0 Å². The zero-order valence-corrected chi connectivity index (χ0v) is 20.6. The quantitative estimate of drug-likeness (QED) is 0.435. The van der Waals surface area contributed by atoms with Gasteiger partial charge in [0.15, 0.2) is 11.5 Å². The van der Waals surface area contributed by atoms with Gasteiger partial charge in [-0.3, -0.25) is 14.3 Å². The van der Waals surface area contributed by atoms with Crippen molar-refractivity contribution in [2.24, 2.45) is 0 Å². The number of aromatic nitrogens is 3. The van der Waals surface area contributed by atoms with Crippen LogP contribution >= 0.6 is 23.2 Å². The first-order chi connectivity index (χ1) is 16.4. The number of halogens is 5. The number of nitrogens with zero attached hydrogens (tertiary/aromatic N) is 3. The molecule has 0 aliphatic rings. The molecule has 0 fully saturated rings. The molecule has 0 aliphatic heterocycles. The number of benzene rings is 1. The molecule has 1 unspecified atom stereocenters. The molecular formula is C21H18Cl2F3N5O3S. The highest BCUT2D eigenvalue weighted by atomic mass is 35.5. The lowest BCUT2D eigenvalue weighted by Gasteiger charge is -2.15. The summed E-state index contributed by atoms with van der Waals surface area (Å²) in [5.41, 5.74) is -1.68. The van der Waals surface area contributed by atoms with Crippen LogP contribution in [0.1, 0.15) is 45.4 Å². The number of carbonyl (C=O) groups excluding carboxylic acids is 2. The maximum Gasteiger partial charge on any atom is 0.435 e. The van der Waals surface area contributed by atoms with E-state index in [4.69, 9.17) is 23.2 Å². The van der Waals surface area contributed by atoms with E-state index in [1.54, 1.807) is 6.92 Å². The molecule has 186 valence electrons. The minimum absolute atomic E-state index is 0.0289. The zero-order valence-electron chi connectivity index (χ0n) is 18.2. The van der Waals surface area contributed by atoms with Crippen LogP contribution in [0.2, 0.25) is 10.0 Å². The predicted octanol–water partition coefficient (Wildman–Crippen LogP) is 4.96. The average molecular weight is 548 g/mol. The lowest BCUT2D eigenvalue weighted by atomic mass is 10.1. The number of amides is 2. The van der Waals surface area contributed by atoms with Gasteiger partial charge in [0.1, 0.15) is 16.7 Å². The summed E-state index contributed by atoms with van der Waals surface area (Å²) in [5, 5.41) is 6.04. The van der Waals surface area contributed by atoms with Gasteiger partial charge in [-0.1, -0.05) is 30.1 Å². The first-order valence-electron chi connectivity index (χ1n) is 10.0. The van der Waals surface area contributed by atoms with Crippen molar-refractivity contribution >= 4 is 51.7 Å². The summed E-state index contributed by atoms with van der Waals surface area (Å²) in [5.74, 6) is -1.80. The number of carbonyl (C=O) groups is 2. The van der Waals surface area contributed by atoms with Crippen LogP contribution in [-0.4, -0.2) is 36.5 Å². The van der Waals surface area contributed by atoms with E-state index in [1.165, 1.54) is 37.4 Å². The van der Waals surface area contributed by atoms with Crippen molar-refractivity contribution in [3.05, 3.63) is 69.1 Å². The van der Waals surface area contributed by atoms with Gasteiger partial charge < -0.3 is 5.32 Å². The molecule has 35 heavy (non-hydrogen) atoms. The lowest BCUT2D eigenvalue weighted by molar-refractivity contribution is -0.141. The van der Waals surface area contributed by atoms with E-state index >= 15 is 0 Å². The topological polar surface area (TPSA) is 106 Å². The summed E-state index contributed by atoms with van der Waals surface area (Å²) in [6.45, 7) is 3.32. The summed E-state index contributed by atoms with van der Waals surface area (Å²) >= 11 is 12.1. The molecule has 0 spiro atoms. The number of nitrogens with one attached hydrogen (secondary N) is 2. The molecule has 0 saturated heterocycles. The number of hydrogen-bond acceptors (Lipinski definition) is 5. The van der Waals surface area contributed by atoms with Gasteiger partial charge in [-0.15, -0.1) is 0 Å². The standard InChI is InChI=1S/C21H18Cl2F3N5O3S/c1-3-7-35(34)30-19(32)13-9-12(22)8-11(2)17(13)28-20(33)15-10-16(21(24,25)26)29-31(15)18-14(23)5-4-6-27-18/h4-6,8-10H,3,7H2,1-2H3,(H,28,33)(H,30,32). The molecule has 2 N–H and O–H groups in total. The average Bonchev–Trinajstić information content (AvgIpc) is 3.21. The number of alkyl halides is 3. The number of hydrogen-bond donors (Lipinski definition) is 2. The first-order valence-corrected chi connectivity index (χ1v) is 12.1. The Labute approximate surface area is 210 Å². The van der Waals surface area contributed by atoms with Crippen LogP contribution in [-0.2, 0) is 17.2 Å². The summed E-state index contributed by atoms with van der Waals surface area (Å²) in [7, 11) is -1.68. The van der Waals surface area contributed by atoms with Gasteiger partial charge in [0.2, 0.25) is 0 Å². The molecule has 2 heterocycles. The first kappa shape index (κ1) is 26.6. The molecule has 2 amide bonds. The highest BCUT2D eigenvalue weighted by molar-refractivity contribution is 7.83. The van der Waals surface area contributed by atoms with Crippen LogP contribution in [0.4, 0.5) is 18.9 Å². The van der Waals surface area contributed by atoms with Gasteiger partial charge in [0, 0.05) is 23.0 Å². The second kappa shape index (κ2) is 10.8. The minimum atomic E-state index is -4.86. The van der Waals surface area contributed by atoms with Crippen molar-refractivity contribution < 1.29 is 27.0 Å². The van der Waals surface area contributed by atoms with Gasteiger partial charge in [-0.05, 0) is 43.2 Å². The molecule has 8 nitrogen and oxygen atoms in total. The largest absolute Gasteiger partial charge is 0.435 e. The molecule has 3 rings (SSSR count). The fourth-order valence-corrected chi connectivity index (χ4v) is 4.30. The number of rotatable bonds is 7. The van der Waals surface area contributed by atoms with Crippen molar-refractivity contribution in [3.8, 4) is 5.82 Å². The molecule has 0 bridgehead atoms. The zero-order chi connectivity index (χ0) is 25.9. The van der Waals surface area contributed by atoms with Crippen molar-refractivity contribution in [3.63, 3.8) is 0 Å². The van der Waals surface area contributed by atoms with E-state index < -0.39 is 40.4 Å². The Balaban J connectivity index is 2.06. The van der Waals surface area contributed by atoms with Crippen molar-refractivity contribution in [2.75, 3.05) is 11.1 Å². The van der Waals surface area contributed by atoms with E-state index in [-0.39, 0.29) is 32.9 Å². The fraction of sp³-hybridized carbons (Fsp3) is 0.238. The molecule has 0 aliphatic carbocycles. The third-order valence-corrected chi connectivity index (χ3v) is 6.26. The van der Waals surface area contributed by atoms with Gasteiger partial charge in [-0.25, -0.2) is 13.9 Å². The Kier molecular flexibility index (Phi) is 8.18. The second-order valence-corrected chi connectivity index (χ2v) is 9.36. The molecule has 0 radical (unpaired) electrons. The van der Waals surface area contributed by atoms with Crippen LogP contribution in [0, 0.1) is 6.92 Å². The lowest BCUT2D eigenvalue weighted by Crippen LogP contribution is -2.29. The second-order valence-electron chi connectivity index (χ2n) is 7.21. The van der Waals surface area contributed by atoms with Crippen LogP contribution in [0.5, 0.6) is 0 Å². The van der Waals surface area contributed by atoms with E-state index in [2.05, 4.69) is 20.1 Å². The smallest absolute Gasteiger partial charge is 0.320 e. The van der Waals surface area contributed by atoms with E-state index in [0.29, 0.717) is 22.7 Å². The Morgan fingerprint density at radius 2 is 1.89 bits per heavy atom. The Bertz CT molecular complexity index is 1310. The summed E-state index contributed by atoms with van der Waals surface area (Å²) in [4.78, 5) is 29.8. The van der Waals surface area contributed by atoms with Crippen LogP contribution < -0.4 is 10.0 Å². The summed E-state index contributed by atoms with van der Waals surface area (Å²) < 4.78 is 55.2. The van der Waals surface area contributed by atoms with Crippen molar-refractivity contribution in [1.29, 1.82) is 0 Å². The molecule has 14 heteroatoms. The molecule has 1 atom stereocenters. The van der Waals surface area contributed by atoms with Gasteiger partial charge in [0.25, 0.3) is 11.8 Å². The van der Waals surface area contributed by atoms with Crippen molar-refractivity contribution in [1.82, 2.24) is 19.5 Å². The molecule has 0 saturated carbocycles. The fourth-order valence-electron chi connectivity index (χ4n) is 3.04. The molecule has 1 aromatic carbocycles. The monoisotopic (exact) mass is 547 g/mol. The number of pyridine rings is 1. The highest BCUT2D eigenvalue weighted by Gasteiger charge is 2.37. The maximum absolute atomic E-state index is 13.4. The minimum Gasteiger partial charge on any atom is -0.320 e. The van der Waals surface area contributed by atoms with E-state index in [1.807, 2.05) is 0 Å². The third kappa shape index (κ3) is 6.19. The third-order valence-electron chi connectivity index (χ3n) is 4.55. The summed E-state index contributed by atoms with van der Waals surface area (Å²) in [6, 6.07) is 6.08. The normalized spacial score (nSPS) is 12.3. The predicted molar refractivity (Wildman–Crippen MR) is 126 cm³/mol. The van der Waals surface area contributed by atoms with Crippen LogP contribution in [0.15, 0.2) is 36.5 Å². The number of anilines is 1. The Morgan fingerprint density at radius 1 is 1.17 bits per heavy atom. The van der Waals surface area contributed by atoms with E-state index in [9.17, 15) is 27.0 Å². The van der Waals surface area contributed by atoms with Gasteiger partial charge in [-0.2, -0.15) is 18.3 Å². The van der Waals surface area contributed by atoms with Crippen molar-refractivity contribution in [2.45, 2.75) is 26.4 Å². The maximum atomic E-state index is 13.4.